The second-order valence-electron chi connectivity index (χ2n) is 3.31. The molecule has 14 heavy (non-hydrogen) atoms. The predicted molar refractivity (Wildman–Crippen MR) is 65.3 cm³/mol. The molecule has 1 rings (SSSR count). The van der Waals surface area contributed by atoms with Gasteiger partial charge in [0, 0.05) is 4.43 Å². The van der Waals surface area contributed by atoms with Crippen molar-refractivity contribution >= 4 is 28.6 Å². The first-order valence-corrected chi connectivity index (χ1v) is 6.07. The van der Waals surface area contributed by atoms with Crippen molar-refractivity contribution in [2.75, 3.05) is 4.43 Å². The van der Waals surface area contributed by atoms with Gasteiger partial charge in [-0.15, -0.1) is 0 Å². The molecule has 0 heterocycles. The summed E-state index contributed by atoms with van der Waals surface area (Å²) in [6, 6.07) is 7.14. The Morgan fingerprint density at radius 2 is 2.00 bits per heavy atom. The second-order valence-corrected chi connectivity index (χ2v) is 4.38. The van der Waals surface area contributed by atoms with Gasteiger partial charge in [0.2, 0.25) is 0 Å². The number of rotatable bonds is 4. The smallest absolute Gasteiger partial charge is 0.335 e. The van der Waals surface area contributed by atoms with Gasteiger partial charge in [0.1, 0.15) is 0 Å². The highest BCUT2D eigenvalue weighted by Crippen LogP contribution is 2.20. The van der Waals surface area contributed by atoms with E-state index in [0.29, 0.717) is 11.5 Å². The molecule has 0 aromatic heterocycles. The molecule has 0 bridgehead atoms. The Labute approximate surface area is 97.5 Å². The maximum atomic E-state index is 10.6. The van der Waals surface area contributed by atoms with Crippen LogP contribution in [0, 0.1) is 0 Å². The number of benzene rings is 1. The Morgan fingerprint density at radius 1 is 1.43 bits per heavy atom. The van der Waals surface area contributed by atoms with Crippen LogP contribution < -0.4 is 0 Å². The molecule has 2 nitrogen and oxygen atoms in total. The fourth-order valence-corrected chi connectivity index (χ4v) is 2.22. The molecule has 1 N–H and O–H groups in total. The molecule has 0 aliphatic rings. The molecule has 3 heteroatoms. The molecule has 0 radical (unpaired) electrons. The third-order valence-electron chi connectivity index (χ3n) is 2.27. The van der Waals surface area contributed by atoms with Crippen LogP contribution in [0.4, 0.5) is 0 Å². The third-order valence-corrected chi connectivity index (χ3v) is 2.89. The van der Waals surface area contributed by atoms with Gasteiger partial charge in [-0.2, -0.15) is 0 Å². The fourth-order valence-electron chi connectivity index (χ4n) is 1.28. The summed E-state index contributed by atoms with van der Waals surface area (Å²) < 4.78 is 1.12. The van der Waals surface area contributed by atoms with E-state index in [9.17, 15) is 4.79 Å². The van der Waals surface area contributed by atoms with E-state index in [2.05, 4.69) is 29.5 Å². The Bertz CT molecular complexity index is 306. The van der Waals surface area contributed by atoms with Crippen molar-refractivity contribution < 1.29 is 9.90 Å². The van der Waals surface area contributed by atoms with Gasteiger partial charge in [-0.1, -0.05) is 41.6 Å². The van der Waals surface area contributed by atoms with Crippen LogP contribution >= 0.6 is 22.6 Å². The van der Waals surface area contributed by atoms with Crippen LogP contribution in [0.3, 0.4) is 0 Å². The number of carbonyl (C=O) groups is 1. The molecule has 1 unspecified atom stereocenters. The lowest BCUT2D eigenvalue weighted by atomic mass is 9.98. The highest BCUT2D eigenvalue weighted by Gasteiger charge is 2.06. The van der Waals surface area contributed by atoms with Crippen LogP contribution in [-0.4, -0.2) is 15.5 Å². The predicted octanol–water partition coefficient (Wildman–Crippen LogP) is 3.31. The van der Waals surface area contributed by atoms with Crippen molar-refractivity contribution in [3.05, 3.63) is 35.4 Å². The Hall–Kier alpha value is -0.580. The molecule has 1 atom stereocenters. The lowest BCUT2D eigenvalue weighted by molar-refractivity contribution is 0.0697. The molecule has 0 aliphatic heterocycles. The summed E-state index contributed by atoms with van der Waals surface area (Å²) >= 11 is 2.35. The topological polar surface area (TPSA) is 37.3 Å². The molecular weight excluding hydrogens is 291 g/mol. The van der Waals surface area contributed by atoms with Crippen LogP contribution in [-0.2, 0) is 0 Å². The van der Waals surface area contributed by atoms with Crippen molar-refractivity contribution in [2.45, 2.75) is 19.3 Å². The van der Waals surface area contributed by atoms with Gasteiger partial charge in [-0.25, -0.2) is 4.79 Å². The zero-order valence-corrected chi connectivity index (χ0v) is 10.2. The molecule has 0 aliphatic carbocycles. The van der Waals surface area contributed by atoms with Crippen LogP contribution in [0.5, 0.6) is 0 Å². The van der Waals surface area contributed by atoms with Crippen molar-refractivity contribution in [1.82, 2.24) is 0 Å². The standard InChI is InChI=1S/C11H13IO2/c1-8(6-7-12)9-2-4-10(5-3-9)11(13)14/h2-5,8H,6-7H2,1H3,(H,13,14). The molecule has 0 spiro atoms. The third kappa shape index (κ3) is 2.97. The molecule has 1 aromatic rings. The van der Waals surface area contributed by atoms with Gasteiger partial charge >= 0.3 is 5.97 Å². The first kappa shape index (κ1) is 11.5. The van der Waals surface area contributed by atoms with Gasteiger partial charge in [0.15, 0.2) is 0 Å². The molecule has 1 aromatic carbocycles. The van der Waals surface area contributed by atoms with Crippen molar-refractivity contribution in [3.63, 3.8) is 0 Å². The summed E-state index contributed by atoms with van der Waals surface area (Å²) in [4.78, 5) is 10.6. The fraction of sp³-hybridized carbons (Fsp3) is 0.364. The quantitative estimate of drug-likeness (QED) is 0.684. The zero-order chi connectivity index (χ0) is 10.6. The highest BCUT2D eigenvalue weighted by molar-refractivity contribution is 14.1. The molecule has 0 saturated heterocycles. The summed E-state index contributed by atoms with van der Waals surface area (Å²) in [5, 5.41) is 8.72. The number of aromatic carboxylic acids is 1. The minimum Gasteiger partial charge on any atom is -0.478 e. The van der Waals surface area contributed by atoms with E-state index in [-0.39, 0.29) is 0 Å². The van der Waals surface area contributed by atoms with Crippen LogP contribution in [0.15, 0.2) is 24.3 Å². The van der Waals surface area contributed by atoms with Crippen molar-refractivity contribution in [3.8, 4) is 0 Å². The van der Waals surface area contributed by atoms with Gasteiger partial charge in [-0.3, -0.25) is 0 Å². The first-order valence-electron chi connectivity index (χ1n) is 4.54. The van der Waals surface area contributed by atoms with E-state index >= 15 is 0 Å². The summed E-state index contributed by atoms with van der Waals surface area (Å²) in [5.74, 6) is -0.354. The van der Waals surface area contributed by atoms with Gasteiger partial charge in [-0.05, 0) is 30.0 Å². The van der Waals surface area contributed by atoms with E-state index in [4.69, 9.17) is 5.11 Å². The average molecular weight is 304 g/mol. The maximum absolute atomic E-state index is 10.6. The summed E-state index contributed by atoms with van der Waals surface area (Å²) in [5.41, 5.74) is 1.57. The first-order chi connectivity index (χ1) is 6.65. The number of hydrogen-bond acceptors (Lipinski definition) is 1. The number of carboxylic acid groups (broad SMARTS) is 1. The van der Waals surface area contributed by atoms with Crippen LogP contribution in [0.2, 0.25) is 0 Å². The zero-order valence-electron chi connectivity index (χ0n) is 8.03. The van der Waals surface area contributed by atoms with Crippen LogP contribution in [0.25, 0.3) is 0 Å². The Kier molecular flexibility index (Phi) is 4.38. The molecule has 0 fully saturated rings. The van der Waals surface area contributed by atoms with E-state index in [1.165, 1.54) is 5.56 Å². The largest absolute Gasteiger partial charge is 0.478 e. The Morgan fingerprint density at radius 3 is 2.43 bits per heavy atom. The van der Waals surface area contributed by atoms with E-state index in [0.717, 1.165) is 10.8 Å². The molecule has 0 amide bonds. The lowest BCUT2D eigenvalue weighted by Crippen LogP contribution is -1.98. The summed E-state index contributed by atoms with van der Waals surface area (Å²) in [6.07, 6.45) is 1.13. The molecule has 0 saturated carbocycles. The van der Waals surface area contributed by atoms with Gasteiger partial charge in [0.25, 0.3) is 0 Å². The normalized spacial score (nSPS) is 12.4. The number of halogens is 1. The highest BCUT2D eigenvalue weighted by atomic mass is 127. The van der Waals surface area contributed by atoms with Gasteiger partial charge < -0.3 is 5.11 Å². The Balaban J connectivity index is 2.77. The second kappa shape index (κ2) is 5.34. The van der Waals surface area contributed by atoms with E-state index < -0.39 is 5.97 Å². The monoisotopic (exact) mass is 304 g/mol. The summed E-state index contributed by atoms with van der Waals surface area (Å²) in [6.45, 7) is 2.16. The molecule has 76 valence electrons. The summed E-state index contributed by atoms with van der Waals surface area (Å²) in [7, 11) is 0. The maximum Gasteiger partial charge on any atom is 0.335 e. The SMILES string of the molecule is CC(CCI)c1ccc(C(=O)O)cc1. The van der Waals surface area contributed by atoms with Gasteiger partial charge in [0.05, 0.1) is 5.56 Å². The minimum atomic E-state index is -0.863. The average Bonchev–Trinajstić information content (AvgIpc) is 2.18. The number of carboxylic acids is 1. The lowest BCUT2D eigenvalue weighted by Gasteiger charge is -2.09. The molecular formula is C11H13IO2. The van der Waals surface area contributed by atoms with E-state index in [1.54, 1.807) is 12.1 Å². The minimum absolute atomic E-state index is 0.357. The number of hydrogen-bond donors (Lipinski definition) is 1. The number of alkyl halides is 1. The van der Waals surface area contributed by atoms with E-state index in [1.807, 2.05) is 12.1 Å². The van der Waals surface area contributed by atoms with Crippen molar-refractivity contribution in [1.29, 1.82) is 0 Å². The van der Waals surface area contributed by atoms with Crippen molar-refractivity contribution in [2.24, 2.45) is 0 Å². The van der Waals surface area contributed by atoms with Crippen LogP contribution in [0.1, 0.15) is 35.2 Å².